The molecule has 5 heteroatoms. The van der Waals surface area contributed by atoms with Crippen LogP contribution in [0.5, 0.6) is 0 Å². The highest BCUT2D eigenvalue weighted by Crippen LogP contribution is 2.33. The molecule has 0 atom stereocenters. The van der Waals surface area contributed by atoms with E-state index in [0.717, 1.165) is 62.7 Å². The third kappa shape index (κ3) is 4.14. The van der Waals surface area contributed by atoms with Crippen LogP contribution < -0.4 is 4.90 Å². The molecule has 0 spiro atoms. The predicted molar refractivity (Wildman–Crippen MR) is 141 cm³/mol. The average Bonchev–Trinajstić information content (AvgIpc) is 2.85. The highest BCUT2D eigenvalue weighted by atomic mass is 35.5. The van der Waals surface area contributed by atoms with Crippen molar-refractivity contribution in [3.8, 4) is 11.3 Å². The second kappa shape index (κ2) is 9.11. The van der Waals surface area contributed by atoms with E-state index < -0.39 is 0 Å². The fourth-order valence-corrected chi connectivity index (χ4v) is 5.02. The van der Waals surface area contributed by atoms with Gasteiger partial charge in [0.15, 0.2) is 0 Å². The molecular formula is C29H28ClN3O. The molecule has 172 valence electrons. The van der Waals surface area contributed by atoms with E-state index >= 15 is 0 Å². The van der Waals surface area contributed by atoms with Gasteiger partial charge in [-0.25, -0.2) is 4.98 Å². The lowest BCUT2D eigenvalue weighted by atomic mass is 9.94. The Bertz CT molecular complexity index is 1390. The maximum atomic E-state index is 13.9. The van der Waals surface area contributed by atoms with Gasteiger partial charge < -0.3 is 9.80 Å². The molecule has 2 heterocycles. The highest BCUT2D eigenvalue weighted by molar-refractivity contribution is 6.30. The van der Waals surface area contributed by atoms with Crippen molar-refractivity contribution in [1.29, 1.82) is 0 Å². The van der Waals surface area contributed by atoms with Crippen LogP contribution in [0.3, 0.4) is 0 Å². The molecule has 0 aliphatic carbocycles. The Balaban J connectivity index is 1.51. The quantitative estimate of drug-likeness (QED) is 0.346. The number of pyridine rings is 1. The summed E-state index contributed by atoms with van der Waals surface area (Å²) in [6.07, 6.45) is 0. The molecule has 3 aromatic carbocycles. The molecule has 1 aliphatic heterocycles. The summed E-state index contributed by atoms with van der Waals surface area (Å²) in [5.41, 5.74) is 7.97. The summed E-state index contributed by atoms with van der Waals surface area (Å²) in [5, 5.41) is 1.64. The number of piperazine rings is 1. The van der Waals surface area contributed by atoms with Gasteiger partial charge in [-0.2, -0.15) is 0 Å². The number of nitrogens with zero attached hydrogens (tertiary/aromatic N) is 3. The number of amides is 1. The number of anilines is 1. The Hall–Kier alpha value is -3.37. The lowest BCUT2D eigenvalue weighted by Gasteiger charge is -2.36. The molecule has 1 aliphatic rings. The Labute approximate surface area is 205 Å². The minimum atomic E-state index is 0.0772. The van der Waals surface area contributed by atoms with Gasteiger partial charge >= 0.3 is 0 Å². The first kappa shape index (κ1) is 22.4. The topological polar surface area (TPSA) is 36.4 Å². The number of benzene rings is 3. The summed E-state index contributed by atoms with van der Waals surface area (Å²) in [6, 6.07) is 22.3. The summed E-state index contributed by atoms with van der Waals surface area (Å²) in [4.78, 5) is 23.2. The van der Waals surface area contributed by atoms with E-state index in [0.29, 0.717) is 13.1 Å². The zero-order valence-corrected chi connectivity index (χ0v) is 20.6. The van der Waals surface area contributed by atoms with Crippen molar-refractivity contribution < 1.29 is 4.79 Å². The van der Waals surface area contributed by atoms with Gasteiger partial charge in [0.2, 0.25) is 0 Å². The van der Waals surface area contributed by atoms with Crippen molar-refractivity contribution >= 4 is 34.1 Å². The van der Waals surface area contributed by atoms with Gasteiger partial charge in [-0.15, -0.1) is 0 Å². The van der Waals surface area contributed by atoms with Gasteiger partial charge in [0.05, 0.1) is 16.8 Å². The number of carbonyl (C=O) groups is 1. The first-order valence-electron chi connectivity index (χ1n) is 11.7. The fraction of sp³-hybridized carbons (Fsp3) is 0.241. The van der Waals surface area contributed by atoms with E-state index in [4.69, 9.17) is 16.6 Å². The van der Waals surface area contributed by atoms with Crippen LogP contribution in [0.1, 0.15) is 27.0 Å². The molecule has 0 N–H and O–H groups in total. The highest BCUT2D eigenvalue weighted by Gasteiger charge is 2.27. The first-order chi connectivity index (χ1) is 16.4. The number of rotatable bonds is 3. The molecule has 1 aromatic heterocycles. The summed E-state index contributed by atoms with van der Waals surface area (Å²) < 4.78 is 0. The van der Waals surface area contributed by atoms with E-state index in [9.17, 15) is 4.79 Å². The molecule has 34 heavy (non-hydrogen) atoms. The number of fused-ring (bicyclic) bond motifs is 1. The lowest BCUT2D eigenvalue weighted by Crippen LogP contribution is -2.49. The van der Waals surface area contributed by atoms with E-state index in [1.807, 2.05) is 54.3 Å². The maximum Gasteiger partial charge on any atom is 0.255 e. The number of hydrogen-bond donors (Lipinski definition) is 0. The van der Waals surface area contributed by atoms with Crippen LogP contribution in [-0.4, -0.2) is 42.0 Å². The predicted octanol–water partition coefficient (Wildman–Crippen LogP) is 6.44. The molecular weight excluding hydrogens is 442 g/mol. The van der Waals surface area contributed by atoms with Crippen LogP contribution in [0.25, 0.3) is 22.2 Å². The molecule has 1 saturated heterocycles. The van der Waals surface area contributed by atoms with Crippen molar-refractivity contribution in [3.05, 3.63) is 94.0 Å². The average molecular weight is 470 g/mol. The zero-order chi connectivity index (χ0) is 23.8. The zero-order valence-electron chi connectivity index (χ0n) is 19.8. The summed E-state index contributed by atoms with van der Waals surface area (Å²) >= 11 is 6.19. The van der Waals surface area contributed by atoms with E-state index in [2.05, 4.69) is 43.0 Å². The number of hydrogen-bond acceptors (Lipinski definition) is 3. The van der Waals surface area contributed by atoms with Crippen LogP contribution in [0, 0.1) is 20.8 Å². The normalized spacial score (nSPS) is 14.0. The van der Waals surface area contributed by atoms with E-state index in [1.54, 1.807) is 0 Å². The lowest BCUT2D eigenvalue weighted by molar-refractivity contribution is 0.0748. The SMILES string of the molecule is Cc1ccc(C)c(-c2nc3ccccc3c(C(=O)N3CCN(c4cccc(Cl)c4)CC3)c2C)c1. The van der Waals surface area contributed by atoms with Gasteiger partial charge in [0.25, 0.3) is 5.91 Å². The summed E-state index contributed by atoms with van der Waals surface area (Å²) in [7, 11) is 0. The number of aryl methyl sites for hydroxylation is 2. The van der Waals surface area contributed by atoms with Gasteiger partial charge in [0.1, 0.15) is 0 Å². The standard InChI is InChI=1S/C29H28ClN3O/c1-19-11-12-20(2)25(17-19)28-21(3)27(24-9-4-5-10-26(24)31-28)29(34)33-15-13-32(14-16-33)23-8-6-7-22(30)18-23/h4-12,17-18H,13-16H2,1-3H3. The molecule has 1 fully saturated rings. The van der Waals surface area contributed by atoms with Crippen LogP contribution in [0.15, 0.2) is 66.7 Å². The van der Waals surface area contributed by atoms with Crippen molar-refractivity contribution in [1.82, 2.24) is 9.88 Å². The molecule has 0 bridgehead atoms. The van der Waals surface area contributed by atoms with Crippen molar-refractivity contribution in [2.75, 3.05) is 31.1 Å². The van der Waals surface area contributed by atoms with Crippen LogP contribution in [0.4, 0.5) is 5.69 Å². The Morgan fingerprint density at radius 1 is 0.882 bits per heavy atom. The molecule has 1 amide bonds. The minimum Gasteiger partial charge on any atom is -0.368 e. The third-order valence-corrected chi connectivity index (χ3v) is 6.97. The number of aromatic nitrogens is 1. The number of halogens is 1. The Kier molecular flexibility index (Phi) is 6.01. The molecule has 5 rings (SSSR count). The van der Waals surface area contributed by atoms with Crippen molar-refractivity contribution in [2.24, 2.45) is 0 Å². The van der Waals surface area contributed by atoms with Crippen molar-refractivity contribution in [3.63, 3.8) is 0 Å². The molecule has 4 aromatic rings. The Morgan fingerprint density at radius 2 is 1.65 bits per heavy atom. The van der Waals surface area contributed by atoms with Crippen LogP contribution in [-0.2, 0) is 0 Å². The first-order valence-corrected chi connectivity index (χ1v) is 12.1. The molecule has 0 radical (unpaired) electrons. The summed E-state index contributed by atoms with van der Waals surface area (Å²) in [5.74, 6) is 0.0772. The van der Waals surface area contributed by atoms with Gasteiger partial charge in [-0.1, -0.05) is 53.6 Å². The fourth-order valence-electron chi connectivity index (χ4n) is 4.83. The minimum absolute atomic E-state index is 0.0772. The van der Waals surface area contributed by atoms with Gasteiger partial charge in [0, 0.05) is 47.8 Å². The second-order valence-corrected chi connectivity index (χ2v) is 9.49. The van der Waals surface area contributed by atoms with Crippen LogP contribution >= 0.6 is 11.6 Å². The maximum absolute atomic E-state index is 13.9. The monoisotopic (exact) mass is 469 g/mol. The smallest absolute Gasteiger partial charge is 0.255 e. The van der Waals surface area contributed by atoms with Gasteiger partial charge in [-0.05, 0) is 62.2 Å². The van der Waals surface area contributed by atoms with Crippen LogP contribution in [0.2, 0.25) is 5.02 Å². The molecule has 0 saturated carbocycles. The summed E-state index contributed by atoms with van der Waals surface area (Å²) in [6.45, 7) is 9.11. The van der Waals surface area contributed by atoms with Crippen molar-refractivity contribution in [2.45, 2.75) is 20.8 Å². The number of para-hydroxylation sites is 1. The third-order valence-electron chi connectivity index (χ3n) is 6.74. The molecule has 4 nitrogen and oxygen atoms in total. The van der Waals surface area contributed by atoms with Gasteiger partial charge in [-0.3, -0.25) is 4.79 Å². The molecule has 0 unspecified atom stereocenters. The number of carbonyl (C=O) groups excluding carboxylic acids is 1. The van der Waals surface area contributed by atoms with E-state index in [-0.39, 0.29) is 5.91 Å². The van der Waals surface area contributed by atoms with E-state index in [1.165, 1.54) is 5.56 Å². The Morgan fingerprint density at radius 3 is 2.41 bits per heavy atom. The second-order valence-electron chi connectivity index (χ2n) is 9.06. The largest absolute Gasteiger partial charge is 0.368 e.